The van der Waals surface area contributed by atoms with E-state index in [1.54, 1.807) is 7.05 Å². The highest BCUT2D eigenvalue weighted by Gasteiger charge is 2.12. The molecule has 94 valence electrons. The first-order valence-electron chi connectivity index (χ1n) is 5.60. The second kappa shape index (κ2) is 5.82. The molecule has 1 aliphatic heterocycles. The maximum atomic E-state index is 5.31. The predicted molar refractivity (Wildman–Crippen MR) is 69.6 cm³/mol. The van der Waals surface area contributed by atoms with E-state index in [-0.39, 0.29) is 6.79 Å². The Hall–Kier alpha value is -2.35. The smallest absolute Gasteiger partial charge is 0.231 e. The topological polar surface area (TPSA) is 54.9 Å². The Morgan fingerprint density at radius 3 is 3.00 bits per heavy atom. The quantitative estimate of drug-likeness (QED) is 0.468. The van der Waals surface area contributed by atoms with Crippen molar-refractivity contribution in [1.29, 1.82) is 0 Å². The summed E-state index contributed by atoms with van der Waals surface area (Å²) < 4.78 is 10.6. The number of aliphatic imine (C=N–C) groups is 1. The highest BCUT2D eigenvalue weighted by atomic mass is 16.7. The molecule has 5 nitrogen and oxygen atoms in total. The standard InChI is InChI=1S/C13H15N3O2/c1-3-6-15-13(14-2)16-8-10-4-5-11-12(7-10)18-9-17-11/h1,4-5,7H,6,8-9H2,2H3,(H2,14,15,16). The molecule has 0 saturated heterocycles. The fourth-order valence-electron chi connectivity index (χ4n) is 1.59. The summed E-state index contributed by atoms with van der Waals surface area (Å²) in [6.45, 7) is 1.37. The van der Waals surface area contributed by atoms with Crippen molar-refractivity contribution in [2.24, 2.45) is 4.99 Å². The number of nitrogens with zero attached hydrogens (tertiary/aromatic N) is 1. The molecule has 2 N–H and O–H groups in total. The van der Waals surface area contributed by atoms with E-state index in [1.807, 2.05) is 18.2 Å². The maximum absolute atomic E-state index is 5.31. The summed E-state index contributed by atoms with van der Waals surface area (Å²) in [7, 11) is 1.70. The molecule has 1 aromatic carbocycles. The molecule has 0 atom stereocenters. The molecule has 1 aliphatic rings. The van der Waals surface area contributed by atoms with E-state index in [1.165, 1.54) is 0 Å². The number of guanidine groups is 1. The molecule has 1 heterocycles. The van der Waals surface area contributed by atoms with Crippen molar-refractivity contribution in [3.8, 4) is 23.8 Å². The molecule has 5 heteroatoms. The number of nitrogens with one attached hydrogen (secondary N) is 2. The molecule has 0 amide bonds. The molecule has 2 rings (SSSR count). The summed E-state index contributed by atoms with van der Waals surface area (Å²) in [5.74, 6) is 4.73. The van der Waals surface area contributed by atoms with E-state index < -0.39 is 0 Å². The summed E-state index contributed by atoms with van der Waals surface area (Å²) in [5, 5.41) is 6.15. The Kier molecular flexibility index (Phi) is 3.92. The monoisotopic (exact) mass is 245 g/mol. The summed E-state index contributed by atoms with van der Waals surface area (Å²) in [4.78, 5) is 4.06. The van der Waals surface area contributed by atoms with Crippen LogP contribution < -0.4 is 20.1 Å². The molecular weight excluding hydrogens is 230 g/mol. The van der Waals surface area contributed by atoms with Gasteiger partial charge in [0.1, 0.15) is 0 Å². The molecule has 1 aromatic rings. The van der Waals surface area contributed by atoms with E-state index in [4.69, 9.17) is 15.9 Å². The van der Waals surface area contributed by atoms with Crippen molar-refractivity contribution in [3.05, 3.63) is 23.8 Å². The fraction of sp³-hybridized carbons (Fsp3) is 0.308. The highest BCUT2D eigenvalue weighted by Crippen LogP contribution is 2.32. The average molecular weight is 245 g/mol. The van der Waals surface area contributed by atoms with Crippen LogP contribution in [0.15, 0.2) is 23.2 Å². The third kappa shape index (κ3) is 2.86. The summed E-state index contributed by atoms with van der Waals surface area (Å²) >= 11 is 0. The van der Waals surface area contributed by atoms with Gasteiger partial charge in [0.05, 0.1) is 6.54 Å². The number of terminal acetylenes is 1. The van der Waals surface area contributed by atoms with Gasteiger partial charge in [0.25, 0.3) is 0 Å². The number of rotatable bonds is 3. The van der Waals surface area contributed by atoms with Crippen LogP contribution in [-0.2, 0) is 6.54 Å². The van der Waals surface area contributed by atoms with Crippen LogP contribution >= 0.6 is 0 Å². The second-order valence-corrected chi connectivity index (χ2v) is 3.67. The van der Waals surface area contributed by atoms with E-state index in [0.717, 1.165) is 17.1 Å². The SMILES string of the molecule is C#CCNC(=NC)NCc1ccc2c(c1)OCO2. The van der Waals surface area contributed by atoms with Crippen LogP contribution in [0.3, 0.4) is 0 Å². The molecule has 18 heavy (non-hydrogen) atoms. The predicted octanol–water partition coefficient (Wildman–Crippen LogP) is 0.713. The number of hydrogen-bond donors (Lipinski definition) is 2. The Morgan fingerprint density at radius 2 is 2.22 bits per heavy atom. The minimum atomic E-state index is 0.289. The zero-order valence-electron chi connectivity index (χ0n) is 10.2. The minimum Gasteiger partial charge on any atom is -0.454 e. The van der Waals surface area contributed by atoms with Gasteiger partial charge in [-0.2, -0.15) is 0 Å². The summed E-state index contributed by atoms with van der Waals surface area (Å²) in [5.41, 5.74) is 1.09. The van der Waals surface area contributed by atoms with Gasteiger partial charge in [0.2, 0.25) is 6.79 Å². The molecule has 0 bridgehead atoms. The molecule has 0 spiro atoms. The number of benzene rings is 1. The Balaban J connectivity index is 1.92. The minimum absolute atomic E-state index is 0.289. The van der Waals surface area contributed by atoms with Crippen molar-refractivity contribution >= 4 is 5.96 Å². The van der Waals surface area contributed by atoms with Crippen LogP contribution in [0, 0.1) is 12.3 Å². The zero-order valence-corrected chi connectivity index (χ0v) is 10.2. The normalized spacial score (nSPS) is 13.0. The lowest BCUT2D eigenvalue weighted by Crippen LogP contribution is -2.36. The third-order valence-corrected chi connectivity index (χ3v) is 2.48. The first-order chi connectivity index (χ1) is 8.83. The molecule has 0 fully saturated rings. The van der Waals surface area contributed by atoms with Gasteiger partial charge >= 0.3 is 0 Å². The van der Waals surface area contributed by atoms with Crippen LogP contribution in [0.2, 0.25) is 0 Å². The first-order valence-corrected chi connectivity index (χ1v) is 5.60. The van der Waals surface area contributed by atoms with E-state index in [2.05, 4.69) is 21.5 Å². The van der Waals surface area contributed by atoms with E-state index in [0.29, 0.717) is 19.0 Å². The second-order valence-electron chi connectivity index (χ2n) is 3.67. The van der Waals surface area contributed by atoms with Gasteiger partial charge in [-0.05, 0) is 17.7 Å². The third-order valence-electron chi connectivity index (χ3n) is 2.48. The molecular formula is C13H15N3O2. The zero-order chi connectivity index (χ0) is 12.8. The lowest BCUT2D eigenvalue weighted by atomic mass is 10.2. The maximum Gasteiger partial charge on any atom is 0.231 e. The van der Waals surface area contributed by atoms with Crippen LogP contribution in [0.4, 0.5) is 0 Å². The van der Waals surface area contributed by atoms with Gasteiger partial charge in [-0.1, -0.05) is 12.0 Å². The number of fused-ring (bicyclic) bond motifs is 1. The van der Waals surface area contributed by atoms with Crippen molar-refractivity contribution in [3.63, 3.8) is 0 Å². The molecule has 0 radical (unpaired) electrons. The van der Waals surface area contributed by atoms with Gasteiger partial charge in [0, 0.05) is 13.6 Å². The lowest BCUT2D eigenvalue weighted by molar-refractivity contribution is 0.174. The average Bonchev–Trinajstić information content (AvgIpc) is 2.86. The largest absolute Gasteiger partial charge is 0.454 e. The van der Waals surface area contributed by atoms with Gasteiger partial charge in [-0.15, -0.1) is 6.42 Å². The van der Waals surface area contributed by atoms with Crippen LogP contribution in [0.5, 0.6) is 11.5 Å². The van der Waals surface area contributed by atoms with Gasteiger partial charge in [-0.25, -0.2) is 0 Å². The van der Waals surface area contributed by atoms with Gasteiger partial charge in [-0.3, -0.25) is 4.99 Å². The van der Waals surface area contributed by atoms with Gasteiger partial charge < -0.3 is 20.1 Å². The first kappa shape index (κ1) is 12.1. The molecule has 0 aliphatic carbocycles. The number of ether oxygens (including phenoxy) is 2. The van der Waals surface area contributed by atoms with E-state index >= 15 is 0 Å². The van der Waals surface area contributed by atoms with Crippen LogP contribution in [0.25, 0.3) is 0 Å². The number of hydrogen-bond acceptors (Lipinski definition) is 3. The van der Waals surface area contributed by atoms with Gasteiger partial charge in [0.15, 0.2) is 17.5 Å². The Bertz CT molecular complexity index is 491. The van der Waals surface area contributed by atoms with E-state index in [9.17, 15) is 0 Å². The molecule has 0 saturated carbocycles. The highest BCUT2D eigenvalue weighted by molar-refractivity contribution is 5.79. The van der Waals surface area contributed by atoms with Crippen molar-refractivity contribution < 1.29 is 9.47 Å². The Morgan fingerprint density at radius 1 is 1.39 bits per heavy atom. The van der Waals surface area contributed by atoms with Crippen LogP contribution in [0.1, 0.15) is 5.56 Å². The molecule has 0 aromatic heterocycles. The molecule has 0 unspecified atom stereocenters. The van der Waals surface area contributed by atoms with Crippen molar-refractivity contribution in [2.45, 2.75) is 6.54 Å². The van der Waals surface area contributed by atoms with Crippen molar-refractivity contribution in [2.75, 3.05) is 20.4 Å². The Labute approximate surface area is 106 Å². The van der Waals surface area contributed by atoms with Crippen LogP contribution in [-0.4, -0.2) is 26.3 Å². The summed E-state index contributed by atoms with van der Waals surface area (Å²) in [6.07, 6.45) is 5.17. The fourth-order valence-corrected chi connectivity index (χ4v) is 1.59. The summed E-state index contributed by atoms with van der Waals surface area (Å²) in [6, 6.07) is 5.83. The van der Waals surface area contributed by atoms with Crippen molar-refractivity contribution in [1.82, 2.24) is 10.6 Å². The lowest BCUT2D eigenvalue weighted by Gasteiger charge is -2.10.